The highest BCUT2D eigenvalue weighted by atomic mass is 32.1. The second-order valence-electron chi connectivity index (χ2n) is 8.81. The van der Waals surface area contributed by atoms with Crippen LogP contribution in [-0.4, -0.2) is 33.9 Å². The minimum atomic E-state index is -0.174. The van der Waals surface area contributed by atoms with Crippen LogP contribution in [0.5, 0.6) is 0 Å². The summed E-state index contributed by atoms with van der Waals surface area (Å²) in [5.41, 5.74) is 2.20. The van der Waals surface area contributed by atoms with Gasteiger partial charge in [0.2, 0.25) is 5.91 Å². The van der Waals surface area contributed by atoms with Gasteiger partial charge in [-0.05, 0) is 55.8 Å². The summed E-state index contributed by atoms with van der Waals surface area (Å²) < 4.78 is 0. The smallest absolute Gasteiger partial charge is 0.258 e. The predicted molar refractivity (Wildman–Crippen MR) is 131 cm³/mol. The van der Waals surface area contributed by atoms with E-state index in [9.17, 15) is 14.9 Å². The number of nitrogens with zero attached hydrogens (tertiary/aromatic N) is 3. The number of hydrogen-bond acceptors (Lipinski definition) is 6. The molecule has 0 saturated heterocycles. The van der Waals surface area contributed by atoms with Crippen molar-refractivity contribution >= 4 is 33.1 Å². The van der Waals surface area contributed by atoms with Crippen molar-refractivity contribution < 1.29 is 4.79 Å². The molecule has 1 aliphatic carbocycles. The summed E-state index contributed by atoms with van der Waals surface area (Å²) >= 11 is 1.54. The first-order valence-corrected chi connectivity index (χ1v) is 12.3. The largest absolute Gasteiger partial charge is 0.315 e. The van der Waals surface area contributed by atoms with Crippen LogP contribution in [0.4, 0.5) is 5.00 Å². The number of thiophene rings is 1. The lowest BCUT2D eigenvalue weighted by atomic mass is 9.89. The average molecular weight is 464 g/mol. The molecule has 1 atom stereocenters. The van der Waals surface area contributed by atoms with Crippen molar-refractivity contribution in [3.63, 3.8) is 0 Å². The Morgan fingerprint density at radius 1 is 1.39 bits per heavy atom. The van der Waals surface area contributed by atoms with Crippen LogP contribution in [0, 0.1) is 17.2 Å². The zero-order valence-electron chi connectivity index (χ0n) is 19.1. The standard InChI is InChI=1S/C25H29N5O2S/c1-3-4-11-30(14-22-27-20-8-6-5-7-18(20)24(32)28-22)15-23(31)29-25-19(13-26)17-10-9-16(2)12-21(17)33-25/h5-8,16H,3-4,9-12,14-15H2,1-2H3,(H,29,31)(H,27,28,32)/t16-/m0/s1. The van der Waals surface area contributed by atoms with Gasteiger partial charge in [-0.3, -0.25) is 14.5 Å². The molecule has 1 aliphatic rings. The molecule has 0 spiro atoms. The maximum absolute atomic E-state index is 13.0. The van der Waals surface area contributed by atoms with Crippen molar-refractivity contribution in [1.29, 1.82) is 5.26 Å². The highest BCUT2D eigenvalue weighted by Crippen LogP contribution is 2.39. The van der Waals surface area contributed by atoms with Gasteiger partial charge in [0.15, 0.2) is 0 Å². The first-order valence-electron chi connectivity index (χ1n) is 11.5. The number of carbonyl (C=O) groups is 1. The van der Waals surface area contributed by atoms with Gasteiger partial charge < -0.3 is 10.3 Å². The third-order valence-corrected chi connectivity index (χ3v) is 7.28. The minimum Gasteiger partial charge on any atom is -0.315 e. The molecule has 1 aromatic carbocycles. The molecule has 0 radical (unpaired) electrons. The summed E-state index contributed by atoms with van der Waals surface area (Å²) in [7, 11) is 0. The molecular weight excluding hydrogens is 434 g/mol. The number of aromatic nitrogens is 2. The fraction of sp³-hybridized carbons (Fsp3) is 0.440. The summed E-state index contributed by atoms with van der Waals surface area (Å²) in [4.78, 5) is 36.0. The Kier molecular flexibility index (Phi) is 7.21. The van der Waals surface area contributed by atoms with Crippen LogP contribution in [0.3, 0.4) is 0 Å². The Balaban J connectivity index is 1.50. The Bertz CT molecular complexity index is 1260. The number of anilines is 1. The number of nitrogens with one attached hydrogen (secondary N) is 2. The van der Waals surface area contributed by atoms with Gasteiger partial charge in [0.25, 0.3) is 5.56 Å². The number of para-hydroxylation sites is 1. The predicted octanol–water partition coefficient (Wildman–Crippen LogP) is 4.22. The molecule has 0 saturated carbocycles. The maximum atomic E-state index is 13.0. The van der Waals surface area contributed by atoms with Gasteiger partial charge in [0, 0.05) is 4.88 Å². The molecule has 172 valence electrons. The van der Waals surface area contributed by atoms with Gasteiger partial charge in [0.05, 0.1) is 29.6 Å². The Labute approximate surface area is 197 Å². The molecule has 3 aromatic rings. The molecular formula is C25H29N5O2S. The van der Waals surface area contributed by atoms with E-state index < -0.39 is 0 Å². The first-order chi connectivity index (χ1) is 16.0. The average Bonchev–Trinajstić information content (AvgIpc) is 3.13. The number of aromatic amines is 1. The normalized spacial score (nSPS) is 15.4. The van der Waals surface area contributed by atoms with E-state index in [0.717, 1.165) is 37.7 Å². The highest BCUT2D eigenvalue weighted by molar-refractivity contribution is 7.16. The number of H-pyrrole nitrogens is 1. The number of rotatable bonds is 8. The third kappa shape index (κ3) is 5.32. The van der Waals surface area contributed by atoms with Crippen LogP contribution in [0.2, 0.25) is 0 Å². The minimum absolute atomic E-state index is 0.155. The van der Waals surface area contributed by atoms with Gasteiger partial charge in [0.1, 0.15) is 16.9 Å². The van der Waals surface area contributed by atoms with Crippen LogP contribution in [0.1, 0.15) is 54.9 Å². The number of amides is 1. The van der Waals surface area contributed by atoms with Crippen molar-refractivity contribution in [2.75, 3.05) is 18.4 Å². The fourth-order valence-corrected chi connectivity index (χ4v) is 5.72. The quantitative estimate of drug-likeness (QED) is 0.521. The second-order valence-corrected chi connectivity index (χ2v) is 9.92. The number of carbonyl (C=O) groups excluding carboxylic acids is 1. The Hall–Kier alpha value is -3.02. The molecule has 4 rings (SSSR count). The van der Waals surface area contributed by atoms with Crippen LogP contribution in [0.15, 0.2) is 29.1 Å². The monoisotopic (exact) mass is 463 g/mol. The summed E-state index contributed by atoms with van der Waals surface area (Å²) in [5, 5.41) is 13.9. The zero-order valence-corrected chi connectivity index (χ0v) is 19.9. The lowest BCUT2D eigenvalue weighted by molar-refractivity contribution is -0.117. The molecule has 0 unspecified atom stereocenters. The lowest BCUT2D eigenvalue weighted by Crippen LogP contribution is -2.34. The Morgan fingerprint density at radius 3 is 3.00 bits per heavy atom. The Morgan fingerprint density at radius 2 is 2.21 bits per heavy atom. The molecule has 7 nitrogen and oxygen atoms in total. The lowest BCUT2D eigenvalue weighted by Gasteiger charge is -2.21. The van der Waals surface area contributed by atoms with Gasteiger partial charge in [-0.25, -0.2) is 4.98 Å². The zero-order chi connectivity index (χ0) is 23.4. The maximum Gasteiger partial charge on any atom is 0.258 e. The third-order valence-electron chi connectivity index (χ3n) is 6.11. The second kappa shape index (κ2) is 10.3. The summed E-state index contributed by atoms with van der Waals surface area (Å²) in [6.45, 7) is 5.58. The van der Waals surface area contributed by atoms with Crippen LogP contribution in [-0.2, 0) is 24.2 Å². The van der Waals surface area contributed by atoms with E-state index in [2.05, 4.69) is 35.2 Å². The highest BCUT2D eigenvalue weighted by Gasteiger charge is 2.25. The van der Waals surface area contributed by atoms with Crippen LogP contribution >= 0.6 is 11.3 Å². The fourth-order valence-electron chi connectivity index (χ4n) is 4.34. The van der Waals surface area contributed by atoms with Crippen molar-refractivity contribution in [1.82, 2.24) is 14.9 Å². The van der Waals surface area contributed by atoms with Crippen molar-refractivity contribution in [3.05, 3.63) is 56.4 Å². The number of nitriles is 1. The van der Waals surface area contributed by atoms with Crippen molar-refractivity contribution in [2.45, 2.75) is 52.5 Å². The van der Waals surface area contributed by atoms with E-state index in [1.54, 1.807) is 6.07 Å². The molecule has 0 aliphatic heterocycles. The van der Waals surface area contributed by atoms with Gasteiger partial charge in [-0.1, -0.05) is 32.4 Å². The van der Waals surface area contributed by atoms with Crippen LogP contribution in [0.25, 0.3) is 10.9 Å². The molecule has 33 heavy (non-hydrogen) atoms. The van der Waals surface area contributed by atoms with E-state index in [4.69, 9.17) is 0 Å². The summed E-state index contributed by atoms with van der Waals surface area (Å²) in [6, 6.07) is 9.55. The number of hydrogen-bond donors (Lipinski definition) is 2. The first kappa shape index (κ1) is 23.1. The SMILES string of the molecule is CCCCN(CC(=O)Nc1sc2c(c1C#N)CC[C@H](C)C2)Cc1nc2ccccc2c(=O)[nH]1. The number of benzene rings is 1. The molecule has 8 heteroatoms. The molecule has 0 fully saturated rings. The number of unbranched alkanes of at least 4 members (excludes halogenated alkanes) is 1. The summed E-state index contributed by atoms with van der Waals surface area (Å²) in [6.07, 6.45) is 4.87. The van der Waals surface area contributed by atoms with Crippen molar-refractivity contribution in [3.8, 4) is 6.07 Å². The van der Waals surface area contributed by atoms with E-state index in [1.807, 2.05) is 23.1 Å². The van der Waals surface area contributed by atoms with Gasteiger partial charge >= 0.3 is 0 Å². The summed E-state index contributed by atoms with van der Waals surface area (Å²) in [5.74, 6) is 0.991. The van der Waals surface area contributed by atoms with Gasteiger partial charge in [-0.2, -0.15) is 5.26 Å². The molecule has 2 aromatic heterocycles. The molecule has 2 heterocycles. The van der Waals surface area contributed by atoms with Crippen LogP contribution < -0.4 is 10.9 Å². The van der Waals surface area contributed by atoms with Gasteiger partial charge in [-0.15, -0.1) is 11.3 Å². The number of fused-ring (bicyclic) bond motifs is 2. The van der Waals surface area contributed by atoms with E-state index in [-0.39, 0.29) is 18.0 Å². The van der Waals surface area contributed by atoms with E-state index in [1.165, 1.54) is 16.2 Å². The van der Waals surface area contributed by atoms with E-state index in [0.29, 0.717) is 46.3 Å². The van der Waals surface area contributed by atoms with E-state index >= 15 is 0 Å². The van der Waals surface area contributed by atoms with Crippen molar-refractivity contribution in [2.24, 2.45) is 5.92 Å². The topological polar surface area (TPSA) is 102 Å². The molecule has 1 amide bonds. The molecule has 0 bridgehead atoms. The molecule has 2 N–H and O–H groups in total.